The van der Waals surface area contributed by atoms with E-state index in [0.29, 0.717) is 5.56 Å². The Hall–Kier alpha value is -0.890. The zero-order chi connectivity index (χ0) is 14.5. The van der Waals surface area contributed by atoms with E-state index < -0.39 is 24.6 Å². The third kappa shape index (κ3) is 5.73. The molecular formula is C11H13ClF4N2O. The minimum Gasteiger partial charge on any atom is -0.370 e. The molecule has 0 amide bonds. The van der Waals surface area contributed by atoms with Gasteiger partial charge in [0.25, 0.3) is 0 Å². The van der Waals surface area contributed by atoms with Crippen molar-refractivity contribution in [3.8, 4) is 0 Å². The molecule has 0 radical (unpaired) electrons. The fourth-order valence-corrected chi connectivity index (χ4v) is 1.66. The van der Waals surface area contributed by atoms with Crippen molar-refractivity contribution in [2.75, 3.05) is 13.2 Å². The standard InChI is InChI=1S/C11H13ClF4N2O/c12-10-7(2-1-3-9(10)13)4-8(18-17)5-19-6-11(14,15)16/h1-3,8,18H,4-6,17H2. The van der Waals surface area contributed by atoms with Crippen LogP contribution >= 0.6 is 11.6 Å². The number of benzene rings is 1. The highest BCUT2D eigenvalue weighted by Gasteiger charge is 2.28. The van der Waals surface area contributed by atoms with Crippen molar-refractivity contribution < 1.29 is 22.3 Å². The summed E-state index contributed by atoms with van der Waals surface area (Å²) in [6.45, 7) is -1.62. The Bertz CT molecular complexity index is 414. The lowest BCUT2D eigenvalue weighted by Gasteiger charge is -2.17. The van der Waals surface area contributed by atoms with E-state index in [2.05, 4.69) is 10.2 Å². The number of hydrogen-bond donors (Lipinski definition) is 2. The largest absolute Gasteiger partial charge is 0.411 e. The molecule has 1 aromatic rings. The number of rotatable bonds is 6. The molecule has 0 bridgehead atoms. The zero-order valence-electron chi connectivity index (χ0n) is 9.81. The summed E-state index contributed by atoms with van der Waals surface area (Å²) in [4.78, 5) is 0. The molecule has 1 rings (SSSR count). The first kappa shape index (κ1) is 16.2. The maximum Gasteiger partial charge on any atom is 0.411 e. The van der Waals surface area contributed by atoms with E-state index in [1.807, 2.05) is 0 Å². The van der Waals surface area contributed by atoms with Gasteiger partial charge in [0.2, 0.25) is 0 Å². The molecule has 0 heterocycles. The van der Waals surface area contributed by atoms with Crippen LogP contribution in [0.1, 0.15) is 5.56 Å². The molecule has 8 heteroatoms. The molecule has 1 atom stereocenters. The van der Waals surface area contributed by atoms with Crippen molar-refractivity contribution in [2.24, 2.45) is 5.84 Å². The first-order chi connectivity index (χ1) is 8.83. The second kappa shape index (κ2) is 7.04. The highest BCUT2D eigenvalue weighted by molar-refractivity contribution is 6.31. The average Bonchev–Trinajstić information content (AvgIpc) is 2.32. The van der Waals surface area contributed by atoms with Gasteiger partial charge >= 0.3 is 6.18 Å². The monoisotopic (exact) mass is 300 g/mol. The van der Waals surface area contributed by atoms with Crippen molar-refractivity contribution in [1.82, 2.24) is 5.43 Å². The quantitative estimate of drug-likeness (QED) is 0.482. The maximum atomic E-state index is 13.2. The van der Waals surface area contributed by atoms with Gasteiger partial charge in [0.05, 0.1) is 11.6 Å². The molecule has 3 N–H and O–H groups in total. The van der Waals surface area contributed by atoms with Gasteiger partial charge in [-0.25, -0.2) is 4.39 Å². The van der Waals surface area contributed by atoms with Gasteiger partial charge in [-0.3, -0.25) is 11.3 Å². The number of nitrogens with two attached hydrogens (primary N) is 1. The minimum atomic E-state index is -4.39. The van der Waals surface area contributed by atoms with Crippen molar-refractivity contribution in [3.63, 3.8) is 0 Å². The van der Waals surface area contributed by atoms with Crippen molar-refractivity contribution in [2.45, 2.75) is 18.6 Å². The lowest BCUT2D eigenvalue weighted by molar-refractivity contribution is -0.175. The normalized spacial score (nSPS) is 13.6. The van der Waals surface area contributed by atoms with Crippen molar-refractivity contribution >= 4 is 11.6 Å². The van der Waals surface area contributed by atoms with Gasteiger partial charge in [0.15, 0.2) is 0 Å². The minimum absolute atomic E-state index is 0.0708. The summed E-state index contributed by atoms with van der Waals surface area (Å²) < 4.78 is 53.4. The Labute approximate surface area is 112 Å². The predicted molar refractivity (Wildman–Crippen MR) is 63.1 cm³/mol. The van der Waals surface area contributed by atoms with Crippen LogP contribution in [-0.4, -0.2) is 25.4 Å². The molecule has 0 aromatic heterocycles. The van der Waals surface area contributed by atoms with Crippen molar-refractivity contribution in [3.05, 3.63) is 34.6 Å². The summed E-state index contributed by atoms with van der Waals surface area (Å²) >= 11 is 5.74. The molecule has 1 aromatic carbocycles. The predicted octanol–water partition coefficient (Wildman–Crippen LogP) is 2.43. The van der Waals surface area contributed by atoms with E-state index in [0.717, 1.165) is 0 Å². The molecular weight excluding hydrogens is 288 g/mol. The number of nitrogens with one attached hydrogen (secondary N) is 1. The van der Waals surface area contributed by atoms with E-state index >= 15 is 0 Å². The highest BCUT2D eigenvalue weighted by Crippen LogP contribution is 2.21. The Balaban J connectivity index is 2.55. The molecule has 0 aliphatic rings. The van der Waals surface area contributed by atoms with Crippen LogP contribution in [0.2, 0.25) is 5.02 Å². The van der Waals surface area contributed by atoms with E-state index in [4.69, 9.17) is 17.4 Å². The molecule has 1 unspecified atom stereocenters. The van der Waals surface area contributed by atoms with Crippen LogP contribution in [0.4, 0.5) is 17.6 Å². The maximum absolute atomic E-state index is 13.2. The van der Waals surface area contributed by atoms with Gasteiger partial charge in [-0.05, 0) is 18.1 Å². The van der Waals surface area contributed by atoms with Crippen LogP contribution in [0.3, 0.4) is 0 Å². The number of halogens is 5. The smallest absolute Gasteiger partial charge is 0.370 e. The van der Waals surface area contributed by atoms with Crippen LogP contribution in [0.15, 0.2) is 18.2 Å². The molecule has 0 saturated heterocycles. The van der Waals surface area contributed by atoms with Gasteiger partial charge in [-0.15, -0.1) is 0 Å². The fraction of sp³-hybridized carbons (Fsp3) is 0.455. The fourth-order valence-electron chi connectivity index (χ4n) is 1.45. The van der Waals surface area contributed by atoms with Gasteiger partial charge in [0.1, 0.15) is 12.4 Å². The lowest BCUT2D eigenvalue weighted by atomic mass is 10.1. The Morgan fingerprint density at radius 3 is 2.63 bits per heavy atom. The third-order valence-corrected chi connectivity index (χ3v) is 2.74. The van der Waals surface area contributed by atoms with Crippen LogP contribution < -0.4 is 11.3 Å². The third-order valence-electron chi connectivity index (χ3n) is 2.32. The molecule has 3 nitrogen and oxygen atoms in total. The second-order valence-corrected chi connectivity index (χ2v) is 4.29. The van der Waals surface area contributed by atoms with Gasteiger partial charge < -0.3 is 4.74 Å². The van der Waals surface area contributed by atoms with Gasteiger partial charge in [0, 0.05) is 6.04 Å². The van der Waals surface area contributed by atoms with E-state index in [-0.39, 0.29) is 18.1 Å². The summed E-state index contributed by atoms with van der Waals surface area (Å²) in [5.74, 6) is 4.62. The van der Waals surface area contributed by atoms with Crippen LogP contribution in [-0.2, 0) is 11.2 Å². The molecule has 108 valence electrons. The van der Waals surface area contributed by atoms with Crippen LogP contribution in [0.25, 0.3) is 0 Å². The summed E-state index contributed by atoms with van der Waals surface area (Å²) in [6, 6.07) is 3.62. The summed E-state index contributed by atoms with van der Waals surface area (Å²) in [6.07, 6.45) is -4.24. The molecule has 0 aliphatic carbocycles. The summed E-state index contributed by atoms with van der Waals surface area (Å²) in [7, 11) is 0. The molecule has 0 saturated carbocycles. The summed E-state index contributed by atoms with van der Waals surface area (Å²) in [5.41, 5.74) is 2.75. The zero-order valence-corrected chi connectivity index (χ0v) is 10.6. The molecule has 0 spiro atoms. The van der Waals surface area contributed by atoms with Gasteiger partial charge in [-0.1, -0.05) is 23.7 Å². The lowest BCUT2D eigenvalue weighted by Crippen LogP contribution is -2.41. The molecule has 0 fully saturated rings. The van der Waals surface area contributed by atoms with Gasteiger partial charge in [-0.2, -0.15) is 13.2 Å². The number of hydrogen-bond acceptors (Lipinski definition) is 3. The van der Waals surface area contributed by atoms with E-state index in [9.17, 15) is 17.6 Å². The average molecular weight is 301 g/mol. The Kier molecular flexibility index (Phi) is 5.99. The van der Waals surface area contributed by atoms with Crippen LogP contribution in [0, 0.1) is 5.82 Å². The van der Waals surface area contributed by atoms with E-state index in [1.54, 1.807) is 6.07 Å². The second-order valence-electron chi connectivity index (χ2n) is 3.91. The number of hydrazine groups is 1. The SMILES string of the molecule is NNC(COCC(F)(F)F)Cc1cccc(F)c1Cl. The molecule has 0 aliphatic heterocycles. The number of alkyl halides is 3. The summed E-state index contributed by atoms with van der Waals surface area (Å²) in [5, 5.41) is -0.0708. The molecule has 19 heavy (non-hydrogen) atoms. The Morgan fingerprint density at radius 2 is 2.05 bits per heavy atom. The van der Waals surface area contributed by atoms with E-state index in [1.165, 1.54) is 12.1 Å². The topological polar surface area (TPSA) is 47.3 Å². The van der Waals surface area contributed by atoms with Crippen molar-refractivity contribution in [1.29, 1.82) is 0 Å². The first-order valence-electron chi connectivity index (χ1n) is 5.37. The number of ether oxygens (including phenoxy) is 1. The first-order valence-corrected chi connectivity index (χ1v) is 5.75. The highest BCUT2D eigenvalue weighted by atomic mass is 35.5. The van der Waals surface area contributed by atoms with Crippen LogP contribution in [0.5, 0.6) is 0 Å². The Morgan fingerprint density at radius 1 is 1.37 bits per heavy atom.